The Bertz CT molecular complexity index is 559. The molecule has 0 saturated heterocycles. The van der Waals surface area contributed by atoms with Gasteiger partial charge in [-0.15, -0.1) is 0 Å². The molecule has 0 atom stereocenters. The van der Waals surface area contributed by atoms with Crippen LogP contribution in [0.2, 0.25) is 0 Å². The molecule has 0 aliphatic carbocycles. The number of hydrogen-bond donors (Lipinski definition) is 1. The van der Waals surface area contributed by atoms with Crippen molar-refractivity contribution in [3.05, 3.63) is 36.2 Å². The minimum Gasteiger partial charge on any atom is -0.370 e. The first-order valence-corrected chi connectivity index (χ1v) is 6.77. The Balaban J connectivity index is 2.54. The van der Waals surface area contributed by atoms with Crippen molar-refractivity contribution in [3.63, 3.8) is 0 Å². The monoisotopic (exact) mass is 272 g/mol. The quantitative estimate of drug-likeness (QED) is 0.906. The average molecular weight is 272 g/mol. The van der Waals surface area contributed by atoms with Crippen molar-refractivity contribution in [2.45, 2.75) is 32.3 Å². The van der Waals surface area contributed by atoms with Crippen molar-refractivity contribution in [1.82, 2.24) is 15.0 Å². The van der Waals surface area contributed by atoms with E-state index in [2.05, 4.69) is 28.8 Å². The molecule has 5 heteroatoms. The number of hydrogen-bond acceptors (Lipinski definition) is 5. The number of benzene rings is 1. The van der Waals surface area contributed by atoms with E-state index in [0.29, 0.717) is 11.6 Å². The molecule has 0 saturated carbocycles. The van der Waals surface area contributed by atoms with Crippen molar-refractivity contribution in [2.24, 2.45) is 0 Å². The molecular formula is C15H20N4O. The maximum Gasteiger partial charge on any atom is 0.223 e. The van der Waals surface area contributed by atoms with Gasteiger partial charge in [-0.25, -0.2) is 4.98 Å². The number of nitrogens with two attached hydrogens (primary N) is 1. The highest BCUT2D eigenvalue weighted by Gasteiger charge is 2.32. The summed E-state index contributed by atoms with van der Waals surface area (Å²) < 4.78 is 5.66. The van der Waals surface area contributed by atoms with Crippen LogP contribution in [0.1, 0.15) is 32.5 Å². The molecule has 5 nitrogen and oxygen atoms in total. The van der Waals surface area contributed by atoms with Crippen molar-refractivity contribution < 1.29 is 4.74 Å². The fourth-order valence-electron chi connectivity index (χ4n) is 2.26. The largest absolute Gasteiger partial charge is 0.370 e. The Morgan fingerprint density at radius 3 is 2.25 bits per heavy atom. The summed E-state index contributed by atoms with van der Waals surface area (Å²) in [6.45, 7) is 4.10. The molecule has 1 aromatic carbocycles. The molecule has 20 heavy (non-hydrogen) atoms. The van der Waals surface area contributed by atoms with Gasteiger partial charge in [-0.2, -0.15) is 9.97 Å². The number of ether oxygens (including phenoxy) is 1. The number of nitrogens with zero attached hydrogens (tertiary/aromatic N) is 3. The Morgan fingerprint density at radius 1 is 1.05 bits per heavy atom. The molecule has 106 valence electrons. The van der Waals surface area contributed by atoms with Gasteiger partial charge in [0.1, 0.15) is 5.60 Å². The zero-order valence-electron chi connectivity index (χ0n) is 12.1. The minimum absolute atomic E-state index is 0.220. The molecule has 0 spiro atoms. The standard InChI is InChI=1S/C15H20N4O/c1-4-15(5-2,20-3)13-17-12(18-14(16)19-13)11-9-7-6-8-10-11/h6-10H,4-5H2,1-3H3,(H2,16,17,18,19). The van der Waals surface area contributed by atoms with E-state index in [1.165, 1.54) is 0 Å². The molecule has 2 rings (SSSR count). The summed E-state index contributed by atoms with van der Waals surface area (Å²) in [4.78, 5) is 13.1. The minimum atomic E-state index is -0.513. The van der Waals surface area contributed by atoms with Gasteiger partial charge >= 0.3 is 0 Å². The van der Waals surface area contributed by atoms with E-state index < -0.39 is 5.60 Å². The molecule has 0 radical (unpaired) electrons. The second-order valence-electron chi connectivity index (χ2n) is 4.61. The van der Waals surface area contributed by atoms with Crippen LogP contribution < -0.4 is 5.73 Å². The first kappa shape index (κ1) is 14.4. The fourth-order valence-corrected chi connectivity index (χ4v) is 2.26. The molecule has 1 heterocycles. The van der Waals surface area contributed by atoms with E-state index >= 15 is 0 Å². The lowest BCUT2D eigenvalue weighted by molar-refractivity contribution is -0.0290. The third kappa shape index (κ3) is 2.63. The van der Waals surface area contributed by atoms with Gasteiger partial charge in [0.05, 0.1) is 0 Å². The van der Waals surface area contributed by atoms with E-state index in [0.717, 1.165) is 18.4 Å². The lowest BCUT2D eigenvalue weighted by Crippen LogP contribution is -2.30. The van der Waals surface area contributed by atoms with Crippen LogP contribution in [0.4, 0.5) is 5.95 Å². The number of aromatic nitrogens is 3. The molecule has 0 unspecified atom stereocenters. The molecule has 0 fully saturated rings. The van der Waals surface area contributed by atoms with E-state index in [9.17, 15) is 0 Å². The zero-order valence-corrected chi connectivity index (χ0v) is 12.1. The molecule has 2 N–H and O–H groups in total. The summed E-state index contributed by atoms with van der Waals surface area (Å²) in [5.41, 5.74) is 6.24. The molecule has 0 bridgehead atoms. The van der Waals surface area contributed by atoms with Crippen molar-refractivity contribution >= 4 is 5.95 Å². The van der Waals surface area contributed by atoms with E-state index in [4.69, 9.17) is 10.5 Å². The Labute approximate surface area is 119 Å². The number of nitrogen functional groups attached to an aromatic ring is 1. The van der Waals surface area contributed by atoms with Gasteiger partial charge < -0.3 is 10.5 Å². The van der Waals surface area contributed by atoms with E-state index in [-0.39, 0.29) is 5.95 Å². The van der Waals surface area contributed by atoms with Gasteiger partial charge in [-0.05, 0) is 12.8 Å². The van der Waals surface area contributed by atoms with Crippen molar-refractivity contribution in [3.8, 4) is 11.4 Å². The highest BCUT2D eigenvalue weighted by atomic mass is 16.5. The lowest BCUT2D eigenvalue weighted by Gasteiger charge is -2.28. The maximum atomic E-state index is 5.84. The van der Waals surface area contributed by atoms with Crippen molar-refractivity contribution in [2.75, 3.05) is 12.8 Å². The first-order chi connectivity index (χ1) is 9.65. The van der Waals surface area contributed by atoms with Gasteiger partial charge in [0, 0.05) is 12.7 Å². The van der Waals surface area contributed by atoms with E-state index in [1.54, 1.807) is 7.11 Å². The third-order valence-corrected chi connectivity index (χ3v) is 3.63. The van der Waals surface area contributed by atoms with Crippen LogP contribution >= 0.6 is 0 Å². The molecule has 1 aromatic heterocycles. The summed E-state index contributed by atoms with van der Waals surface area (Å²) >= 11 is 0. The third-order valence-electron chi connectivity index (χ3n) is 3.63. The Kier molecular flexibility index (Phi) is 4.29. The summed E-state index contributed by atoms with van der Waals surface area (Å²) in [6.07, 6.45) is 1.55. The molecule has 2 aromatic rings. The molecule has 0 aliphatic rings. The normalized spacial score (nSPS) is 11.6. The molecular weight excluding hydrogens is 252 g/mol. The number of anilines is 1. The van der Waals surface area contributed by atoms with E-state index in [1.807, 2.05) is 30.3 Å². The van der Waals surface area contributed by atoms with Gasteiger partial charge in [0.2, 0.25) is 5.95 Å². The Morgan fingerprint density at radius 2 is 1.70 bits per heavy atom. The van der Waals surface area contributed by atoms with Crippen LogP contribution in [-0.2, 0) is 10.3 Å². The van der Waals surface area contributed by atoms with Crippen LogP contribution in [0.5, 0.6) is 0 Å². The van der Waals surface area contributed by atoms with Crippen LogP contribution in [0, 0.1) is 0 Å². The van der Waals surface area contributed by atoms with Crippen LogP contribution in [-0.4, -0.2) is 22.1 Å². The van der Waals surface area contributed by atoms with Gasteiger partial charge in [0.15, 0.2) is 11.6 Å². The van der Waals surface area contributed by atoms with Gasteiger partial charge in [-0.3, -0.25) is 0 Å². The average Bonchev–Trinajstić information content (AvgIpc) is 2.50. The summed E-state index contributed by atoms with van der Waals surface area (Å²) in [5, 5.41) is 0. The van der Waals surface area contributed by atoms with Crippen LogP contribution in [0.3, 0.4) is 0 Å². The number of methoxy groups -OCH3 is 1. The Hall–Kier alpha value is -2.01. The predicted octanol–water partition coefficient (Wildman–Crippen LogP) is 2.78. The SMILES string of the molecule is CCC(CC)(OC)c1nc(N)nc(-c2ccccc2)n1. The number of rotatable bonds is 5. The lowest BCUT2D eigenvalue weighted by atomic mass is 9.96. The van der Waals surface area contributed by atoms with Gasteiger partial charge in [-0.1, -0.05) is 44.2 Å². The highest BCUT2D eigenvalue weighted by Crippen LogP contribution is 2.31. The second kappa shape index (κ2) is 5.96. The summed E-state index contributed by atoms with van der Waals surface area (Å²) in [5.74, 6) is 1.39. The van der Waals surface area contributed by atoms with Crippen LogP contribution in [0.15, 0.2) is 30.3 Å². The maximum absolute atomic E-state index is 5.84. The van der Waals surface area contributed by atoms with Gasteiger partial charge in [0.25, 0.3) is 0 Å². The molecule has 0 amide bonds. The first-order valence-electron chi connectivity index (χ1n) is 6.77. The zero-order chi connectivity index (χ0) is 14.6. The predicted molar refractivity (Wildman–Crippen MR) is 78.9 cm³/mol. The molecule has 0 aliphatic heterocycles. The van der Waals surface area contributed by atoms with Crippen molar-refractivity contribution in [1.29, 1.82) is 0 Å². The second-order valence-corrected chi connectivity index (χ2v) is 4.61. The summed E-state index contributed by atoms with van der Waals surface area (Å²) in [7, 11) is 1.68. The topological polar surface area (TPSA) is 73.9 Å². The highest BCUT2D eigenvalue weighted by molar-refractivity contribution is 5.55. The van der Waals surface area contributed by atoms with Crippen LogP contribution in [0.25, 0.3) is 11.4 Å². The fraction of sp³-hybridized carbons (Fsp3) is 0.400. The summed E-state index contributed by atoms with van der Waals surface area (Å²) in [6, 6.07) is 9.73. The smallest absolute Gasteiger partial charge is 0.223 e.